The van der Waals surface area contributed by atoms with Crippen molar-refractivity contribution in [1.82, 2.24) is 4.90 Å². The highest BCUT2D eigenvalue weighted by Gasteiger charge is 2.28. The van der Waals surface area contributed by atoms with Crippen LogP contribution in [-0.2, 0) is 6.42 Å². The lowest BCUT2D eigenvalue weighted by Crippen LogP contribution is -2.43. The Balaban J connectivity index is 1.62. The molecule has 0 spiro atoms. The van der Waals surface area contributed by atoms with Crippen molar-refractivity contribution in [3.63, 3.8) is 0 Å². The van der Waals surface area contributed by atoms with Gasteiger partial charge in [-0.2, -0.15) is 0 Å². The second kappa shape index (κ2) is 6.17. The molecule has 110 valence electrons. The molecule has 2 nitrogen and oxygen atoms in total. The van der Waals surface area contributed by atoms with E-state index in [-0.39, 0.29) is 0 Å². The molecule has 1 saturated carbocycles. The van der Waals surface area contributed by atoms with Crippen molar-refractivity contribution in [2.75, 3.05) is 18.4 Å². The van der Waals surface area contributed by atoms with Crippen molar-refractivity contribution >= 4 is 5.69 Å². The predicted molar refractivity (Wildman–Crippen MR) is 86.2 cm³/mol. The molecule has 0 amide bonds. The second-order valence-corrected chi connectivity index (χ2v) is 6.99. The third kappa shape index (κ3) is 3.17. The Bertz CT molecular complexity index is 410. The molecule has 1 unspecified atom stereocenters. The van der Waals surface area contributed by atoms with Gasteiger partial charge in [0.1, 0.15) is 0 Å². The van der Waals surface area contributed by atoms with Gasteiger partial charge in [0.25, 0.3) is 0 Å². The fourth-order valence-corrected chi connectivity index (χ4v) is 3.88. The Morgan fingerprint density at radius 3 is 2.65 bits per heavy atom. The zero-order valence-electron chi connectivity index (χ0n) is 12.9. The maximum Gasteiger partial charge on any atom is 0.0429 e. The smallest absolute Gasteiger partial charge is 0.0429 e. The van der Waals surface area contributed by atoms with Gasteiger partial charge in [-0.25, -0.2) is 0 Å². The summed E-state index contributed by atoms with van der Waals surface area (Å²) in [6.07, 6.45) is 6.87. The molecule has 1 aliphatic carbocycles. The van der Waals surface area contributed by atoms with Gasteiger partial charge in [0.15, 0.2) is 0 Å². The number of nitrogens with one attached hydrogen (secondary N) is 1. The number of hydrogen-bond acceptors (Lipinski definition) is 2. The zero-order chi connectivity index (χ0) is 13.9. The van der Waals surface area contributed by atoms with E-state index in [1.807, 2.05) is 0 Å². The first-order valence-electron chi connectivity index (χ1n) is 8.31. The molecule has 1 fully saturated rings. The SMILES string of the molecule is CC(C)CN(CC1Cc2ccccc2N1)C1CCCC1. The van der Waals surface area contributed by atoms with Crippen LogP contribution in [0.4, 0.5) is 5.69 Å². The molecule has 2 heteroatoms. The van der Waals surface area contributed by atoms with Gasteiger partial charge in [0.2, 0.25) is 0 Å². The number of rotatable bonds is 5. The number of benzene rings is 1. The van der Waals surface area contributed by atoms with Crippen LogP contribution in [0.1, 0.15) is 45.1 Å². The first-order valence-corrected chi connectivity index (χ1v) is 8.31. The molecule has 0 aromatic heterocycles. The van der Waals surface area contributed by atoms with Crippen LogP contribution in [0.3, 0.4) is 0 Å². The lowest BCUT2D eigenvalue weighted by atomic mass is 10.1. The van der Waals surface area contributed by atoms with E-state index in [0.29, 0.717) is 6.04 Å². The third-order valence-corrected chi connectivity index (χ3v) is 4.74. The summed E-state index contributed by atoms with van der Waals surface area (Å²) >= 11 is 0. The Hall–Kier alpha value is -1.02. The molecule has 0 radical (unpaired) electrons. The first kappa shape index (κ1) is 13.9. The topological polar surface area (TPSA) is 15.3 Å². The Kier molecular flexibility index (Phi) is 4.30. The summed E-state index contributed by atoms with van der Waals surface area (Å²) in [5.74, 6) is 0.763. The quantitative estimate of drug-likeness (QED) is 0.874. The molecule has 0 saturated heterocycles. The minimum Gasteiger partial charge on any atom is -0.380 e. The van der Waals surface area contributed by atoms with E-state index in [2.05, 4.69) is 48.3 Å². The molecule has 20 heavy (non-hydrogen) atoms. The molecule has 1 atom stereocenters. The molecule has 3 rings (SSSR count). The lowest BCUT2D eigenvalue weighted by molar-refractivity contribution is 0.171. The Labute approximate surface area is 123 Å². The van der Waals surface area contributed by atoms with Crippen LogP contribution >= 0.6 is 0 Å². The van der Waals surface area contributed by atoms with Gasteiger partial charge >= 0.3 is 0 Å². The molecule has 2 aliphatic rings. The van der Waals surface area contributed by atoms with Gasteiger partial charge in [-0.05, 0) is 36.8 Å². The van der Waals surface area contributed by atoms with Crippen LogP contribution in [0.15, 0.2) is 24.3 Å². The number of nitrogens with zero attached hydrogens (tertiary/aromatic N) is 1. The molecule has 1 aromatic carbocycles. The van der Waals surface area contributed by atoms with Crippen molar-refractivity contribution in [3.05, 3.63) is 29.8 Å². The fraction of sp³-hybridized carbons (Fsp3) is 0.667. The van der Waals surface area contributed by atoms with Gasteiger partial charge < -0.3 is 5.32 Å². The monoisotopic (exact) mass is 272 g/mol. The molecule has 1 aromatic rings. The summed E-state index contributed by atoms with van der Waals surface area (Å²) < 4.78 is 0. The van der Waals surface area contributed by atoms with Crippen molar-refractivity contribution < 1.29 is 0 Å². The second-order valence-electron chi connectivity index (χ2n) is 6.99. The number of para-hydroxylation sites is 1. The Morgan fingerprint density at radius 1 is 1.20 bits per heavy atom. The third-order valence-electron chi connectivity index (χ3n) is 4.74. The molecule has 1 N–H and O–H groups in total. The zero-order valence-corrected chi connectivity index (χ0v) is 12.9. The summed E-state index contributed by atoms with van der Waals surface area (Å²) in [5, 5.41) is 3.72. The minimum atomic E-state index is 0.603. The highest BCUT2D eigenvalue weighted by atomic mass is 15.2. The van der Waals surface area contributed by atoms with Gasteiger partial charge in [-0.1, -0.05) is 44.9 Å². The maximum atomic E-state index is 3.72. The van der Waals surface area contributed by atoms with E-state index >= 15 is 0 Å². The fourth-order valence-electron chi connectivity index (χ4n) is 3.88. The van der Waals surface area contributed by atoms with Gasteiger partial charge in [0, 0.05) is 30.9 Å². The predicted octanol–water partition coefficient (Wildman–Crippen LogP) is 3.92. The van der Waals surface area contributed by atoms with E-state index in [1.165, 1.54) is 56.4 Å². The van der Waals surface area contributed by atoms with Crippen molar-refractivity contribution in [3.8, 4) is 0 Å². The van der Waals surface area contributed by atoms with Crippen LogP contribution < -0.4 is 5.32 Å². The average Bonchev–Trinajstić information content (AvgIpc) is 3.06. The van der Waals surface area contributed by atoms with E-state index in [9.17, 15) is 0 Å². The molecular weight excluding hydrogens is 244 g/mol. The molecule has 0 bridgehead atoms. The maximum absolute atomic E-state index is 3.72. The Morgan fingerprint density at radius 2 is 1.95 bits per heavy atom. The number of anilines is 1. The van der Waals surface area contributed by atoms with Crippen LogP contribution in [0.2, 0.25) is 0 Å². The van der Waals surface area contributed by atoms with Gasteiger partial charge in [0.05, 0.1) is 0 Å². The molecule has 1 heterocycles. The number of fused-ring (bicyclic) bond motifs is 1. The first-order chi connectivity index (χ1) is 9.72. The summed E-state index contributed by atoms with van der Waals surface area (Å²) in [7, 11) is 0. The highest BCUT2D eigenvalue weighted by Crippen LogP contribution is 2.28. The highest BCUT2D eigenvalue weighted by molar-refractivity contribution is 5.56. The van der Waals surface area contributed by atoms with Crippen molar-refractivity contribution in [2.45, 2.75) is 58.0 Å². The standard InChI is InChI=1S/C18H28N2/c1-14(2)12-20(17-8-4-5-9-17)13-16-11-15-7-3-6-10-18(15)19-16/h3,6-7,10,14,16-17,19H,4-5,8-9,11-13H2,1-2H3. The minimum absolute atomic E-state index is 0.603. The van der Waals surface area contributed by atoms with E-state index in [1.54, 1.807) is 0 Å². The largest absolute Gasteiger partial charge is 0.380 e. The number of hydrogen-bond donors (Lipinski definition) is 1. The van der Waals surface area contributed by atoms with E-state index in [4.69, 9.17) is 0 Å². The van der Waals surface area contributed by atoms with Crippen LogP contribution in [-0.4, -0.2) is 30.1 Å². The molecule has 1 aliphatic heterocycles. The van der Waals surface area contributed by atoms with Crippen LogP contribution in [0, 0.1) is 5.92 Å². The summed E-state index contributed by atoms with van der Waals surface area (Å²) in [4.78, 5) is 2.77. The van der Waals surface area contributed by atoms with E-state index in [0.717, 1.165) is 12.0 Å². The summed E-state index contributed by atoms with van der Waals surface area (Å²) in [6, 6.07) is 10.2. The van der Waals surface area contributed by atoms with Crippen LogP contribution in [0.25, 0.3) is 0 Å². The van der Waals surface area contributed by atoms with E-state index < -0.39 is 0 Å². The van der Waals surface area contributed by atoms with Crippen molar-refractivity contribution in [2.24, 2.45) is 5.92 Å². The lowest BCUT2D eigenvalue weighted by Gasteiger charge is -2.32. The normalized spacial score (nSPS) is 22.5. The summed E-state index contributed by atoms with van der Waals surface area (Å²) in [5.41, 5.74) is 2.85. The average molecular weight is 272 g/mol. The van der Waals surface area contributed by atoms with Gasteiger partial charge in [-0.15, -0.1) is 0 Å². The molecular formula is C18H28N2. The summed E-state index contributed by atoms with van der Waals surface area (Å²) in [6.45, 7) is 7.15. The van der Waals surface area contributed by atoms with Crippen LogP contribution in [0.5, 0.6) is 0 Å². The van der Waals surface area contributed by atoms with Gasteiger partial charge in [-0.3, -0.25) is 4.90 Å². The van der Waals surface area contributed by atoms with Crippen molar-refractivity contribution in [1.29, 1.82) is 0 Å².